The average Bonchev–Trinajstić information content (AvgIpc) is 2.63. The van der Waals surface area contributed by atoms with Gasteiger partial charge in [0.15, 0.2) is 0 Å². The third-order valence-corrected chi connectivity index (χ3v) is 5.33. The van der Waals surface area contributed by atoms with Crippen LogP contribution in [0, 0.1) is 11.3 Å². The second-order valence-electron chi connectivity index (χ2n) is 7.24. The molecule has 1 saturated heterocycles. The standard InChI is InChI=1S/C19H25ClN4O/c1-19(2,7-11-25-17-4-3-8-21-14-17)15-5-9-24(10-6-15)18-22-12-16(20)13-23-18/h3-4,8,12-15H,5-7,9-11H2,1-2H3. The highest BCUT2D eigenvalue weighted by molar-refractivity contribution is 6.30. The van der Waals surface area contributed by atoms with Gasteiger partial charge in [-0.2, -0.15) is 0 Å². The number of ether oxygens (including phenoxy) is 1. The van der Waals surface area contributed by atoms with Crippen molar-refractivity contribution in [3.8, 4) is 5.75 Å². The number of halogens is 1. The summed E-state index contributed by atoms with van der Waals surface area (Å²) in [5.41, 5.74) is 0.245. The molecule has 0 amide bonds. The number of nitrogens with zero attached hydrogens (tertiary/aromatic N) is 4. The highest BCUT2D eigenvalue weighted by Crippen LogP contribution is 2.38. The Hall–Kier alpha value is -1.88. The fourth-order valence-corrected chi connectivity index (χ4v) is 3.50. The Morgan fingerprint density at radius 2 is 1.92 bits per heavy atom. The van der Waals surface area contributed by atoms with E-state index in [1.165, 1.54) is 0 Å². The minimum atomic E-state index is 0.245. The van der Waals surface area contributed by atoms with E-state index in [0.717, 1.165) is 50.7 Å². The molecule has 1 aliphatic heterocycles. The predicted octanol–water partition coefficient (Wildman–Crippen LogP) is 4.24. The van der Waals surface area contributed by atoms with Crippen LogP contribution in [-0.2, 0) is 0 Å². The first-order valence-electron chi connectivity index (χ1n) is 8.80. The van der Waals surface area contributed by atoms with Crippen LogP contribution >= 0.6 is 11.6 Å². The van der Waals surface area contributed by atoms with Gasteiger partial charge in [0.2, 0.25) is 5.95 Å². The van der Waals surface area contributed by atoms with Gasteiger partial charge in [-0.25, -0.2) is 9.97 Å². The lowest BCUT2D eigenvalue weighted by Gasteiger charge is -2.40. The van der Waals surface area contributed by atoms with Crippen LogP contribution in [0.15, 0.2) is 36.9 Å². The van der Waals surface area contributed by atoms with E-state index in [9.17, 15) is 0 Å². The van der Waals surface area contributed by atoms with E-state index in [1.807, 2.05) is 12.1 Å². The second-order valence-corrected chi connectivity index (χ2v) is 7.67. The van der Waals surface area contributed by atoms with Crippen LogP contribution in [-0.4, -0.2) is 34.6 Å². The largest absolute Gasteiger partial charge is 0.492 e. The minimum Gasteiger partial charge on any atom is -0.492 e. The van der Waals surface area contributed by atoms with E-state index in [4.69, 9.17) is 16.3 Å². The van der Waals surface area contributed by atoms with E-state index in [1.54, 1.807) is 24.8 Å². The van der Waals surface area contributed by atoms with Gasteiger partial charge in [0, 0.05) is 19.3 Å². The predicted molar refractivity (Wildman–Crippen MR) is 100 cm³/mol. The van der Waals surface area contributed by atoms with Gasteiger partial charge in [-0.05, 0) is 42.7 Å². The molecule has 0 atom stereocenters. The Bertz CT molecular complexity index is 655. The van der Waals surface area contributed by atoms with Gasteiger partial charge in [0.25, 0.3) is 0 Å². The topological polar surface area (TPSA) is 51.1 Å². The third kappa shape index (κ3) is 4.82. The lowest BCUT2D eigenvalue weighted by molar-refractivity contribution is 0.131. The van der Waals surface area contributed by atoms with Gasteiger partial charge in [-0.1, -0.05) is 25.4 Å². The molecule has 0 aliphatic carbocycles. The van der Waals surface area contributed by atoms with Crippen LogP contribution in [0.25, 0.3) is 0 Å². The number of aromatic nitrogens is 3. The van der Waals surface area contributed by atoms with Crippen molar-refractivity contribution in [2.45, 2.75) is 33.1 Å². The van der Waals surface area contributed by atoms with Gasteiger partial charge in [0.05, 0.1) is 30.2 Å². The quantitative estimate of drug-likeness (QED) is 0.771. The zero-order valence-electron chi connectivity index (χ0n) is 14.9. The van der Waals surface area contributed by atoms with E-state index in [-0.39, 0.29) is 5.41 Å². The molecule has 1 aliphatic rings. The summed E-state index contributed by atoms with van der Waals surface area (Å²) < 4.78 is 5.83. The van der Waals surface area contributed by atoms with Gasteiger partial charge >= 0.3 is 0 Å². The number of hydrogen-bond donors (Lipinski definition) is 0. The van der Waals surface area contributed by atoms with E-state index in [0.29, 0.717) is 10.9 Å². The summed E-state index contributed by atoms with van der Waals surface area (Å²) in [5, 5.41) is 0.577. The van der Waals surface area contributed by atoms with Crippen molar-refractivity contribution >= 4 is 17.5 Å². The molecule has 0 aromatic carbocycles. The molecule has 0 radical (unpaired) electrons. The number of pyridine rings is 1. The smallest absolute Gasteiger partial charge is 0.225 e. The van der Waals surface area contributed by atoms with E-state index in [2.05, 4.69) is 33.7 Å². The Kier molecular flexibility index (Phi) is 5.74. The van der Waals surface area contributed by atoms with Crippen molar-refractivity contribution < 1.29 is 4.74 Å². The van der Waals surface area contributed by atoms with Crippen molar-refractivity contribution in [1.82, 2.24) is 15.0 Å². The summed E-state index contributed by atoms with van der Waals surface area (Å²) in [4.78, 5) is 15.0. The summed E-state index contributed by atoms with van der Waals surface area (Å²) in [5.74, 6) is 2.29. The van der Waals surface area contributed by atoms with E-state index >= 15 is 0 Å². The molecule has 0 spiro atoms. The van der Waals surface area contributed by atoms with Crippen molar-refractivity contribution in [1.29, 1.82) is 0 Å². The zero-order chi connectivity index (χ0) is 17.7. The van der Waals surface area contributed by atoms with Crippen LogP contribution in [0.1, 0.15) is 33.1 Å². The van der Waals surface area contributed by atoms with Gasteiger partial charge in [-0.15, -0.1) is 0 Å². The Balaban J connectivity index is 1.48. The maximum absolute atomic E-state index is 5.87. The molecular weight excluding hydrogens is 336 g/mol. The highest BCUT2D eigenvalue weighted by Gasteiger charge is 2.33. The molecule has 0 bridgehead atoms. The van der Waals surface area contributed by atoms with Crippen molar-refractivity contribution in [3.05, 3.63) is 41.9 Å². The Morgan fingerprint density at radius 1 is 1.20 bits per heavy atom. The SMILES string of the molecule is CC(C)(CCOc1cccnc1)C1CCN(c2ncc(Cl)cn2)CC1. The first kappa shape index (κ1) is 17.9. The number of piperidine rings is 1. The van der Waals surface area contributed by atoms with Crippen molar-refractivity contribution in [2.24, 2.45) is 11.3 Å². The first-order chi connectivity index (χ1) is 12.0. The van der Waals surface area contributed by atoms with Gasteiger partial charge in [-0.3, -0.25) is 4.98 Å². The number of anilines is 1. The maximum atomic E-state index is 5.87. The third-order valence-electron chi connectivity index (χ3n) is 5.14. The fourth-order valence-electron chi connectivity index (χ4n) is 3.40. The van der Waals surface area contributed by atoms with Crippen molar-refractivity contribution in [2.75, 3.05) is 24.6 Å². The van der Waals surface area contributed by atoms with Crippen LogP contribution < -0.4 is 9.64 Å². The summed E-state index contributed by atoms with van der Waals surface area (Å²) >= 11 is 5.87. The minimum absolute atomic E-state index is 0.245. The first-order valence-corrected chi connectivity index (χ1v) is 9.18. The molecule has 25 heavy (non-hydrogen) atoms. The average molecular weight is 361 g/mol. The van der Waals surface area contributed by atoms with Crippen molar-refractivity contribution in [3.63, 3.8) is 0 Å². The van der Waals surface area contributed by atoms with Crippen LogP contribution in [0.2, 0.25) is 5.02 Å². The summed E-state index contributed by atoms with van der Waals surface area (Å²) in [7, 11) is 0. The fraction of sp³-hybridized carbons (Fsp3) is 0.526. The lowest BCUT2D eigenvalue weighted by Crippen LogP contribution is -2.40. The molecule has 3 rings (SSSR count). The van der Waals surface area contributed by atoms with Gasteiger partial charge < -0.3 is 9.64 Å². The normalized spacial score (nSPS) is 16.0. The molecule has 1 fully saturated rings. The highest BCUT2D eigenvalue weighted by atomic mass is 35.5. The maximum Gasteiger partial charge on any atom is 0.225 e. The molecular formula is C19H25ClN4O. The molecule has 6 heteroatoms. The van der Waals surface area contributed by atoms with Crippen LogP contribution in [0.3, 0.4) is 0 Å². The van der Waals surface area contributed by atoms with Gasteiger partial charge in [0.1, 0.15) is 5.75 Å². The van der Waals surface area contributed by atoms with Crippen LogP contribution in [0.4, 0.5) is 5.95 Å². The molecule has 3 heterocycles. The van der Waals surface area contributed by atoms with Crippen LogP contribution in [0.5, 0.6) is 5.75 Å². The summed E-state index contributed by atoms with van der Waals surface area (Å²) in [6.45, 7) is 7.38. The summed E-state index contributed by atoms with van der Waals surface area (Å²) in [6.07, 6.45) is 10.2. The second kappa shape index (κ2) is 8.00. The number of rotatable bonds is 6. The lowest BCUT2D eigenvalue weighted by atomic mass is 9.72. The number of hydrogen-bond acceptors (Lipinski definition) is 5. The zero-order valence-corrected chi connectivity index (χ0v) is 15.6. The molecule has 0 N–H and O–H groups in total. The Morgan fingerprint density at radius 3 is 2.56 bits per heavy atom. The molecule has 0 saturated carbocycles. The van der Waals surface area contributed by atoms with E-state index < -0.39 is 0 Å². The monoisotopic (exact) mass is 360 g/mol. The summed E-state index contributed by atoms with van der Waals surface area (Å²) in [6, 6.07) is 3.85. The molecule has 134 valence electrons. The molecule has 0 unspecified atom stereocenters. The molecule has 2 aromatic heterocycles. The molecule has 5 nitrogen and oxygen atoms in total. The Labute approximate surface area is 154 Å². The molecule has 2 aromatic rings.